The number of halogens is 3. The molecule has 1 atom stereocenters. The Bertz CT molecular complexity index is 435. The molecule has 0 aliphatic carbocycles. The summed E-state index contributed by atoms with van der Waals surface area (Å²) < 4.78 is 37.4. The lowest BCUT2D eigenvalue weighted by molar-refractivity contribution is -0.141. The number of hydrogen-bond acceptors (Lipinski definition) is 3. The molecule has 0 aromatic carbocycles. The van der Waals surface area contributed by atoms with Crippen molar-refractivity contribution < 1.29 is 23.1 Å². The van der Waals surface area contributed by atoms with Crippen LogP contribution in [0.15, 0.2) is 18.3 Å². The maximum Gasteiger partial charge on any atom is 0.416 e. The lowest BCUT2D eigenvalue weighted by Crippen LogP contribution is -2.23. The highest BCUT2D eigenvalue weighted by Crippen LogP contribution is 2.29. The molecule has 0 saturated carbocycles. The first-order valence-electron chi connectivity index (χ1n) is 5.84. The Morgan fingerprint density at radius 2 is 2.21 bits per heavy atom. The van der Waals surface area contributed by atoms with E-state index in [0.717, 1.165) is 18.3 Å². The molecule has 0 spiro atoms. The molecule has 0 fully saturated rings. The van der Waals surface area contributed by atoms with E-state index in [1.165, 1.54) is 0 Å². The summed E-state index contributed by atoms with van der Waals surface area (Å²) in [5.41, 5.74) is -0.813. The summed E-state index contributed by atoms with van der Waals surface area (Å²) in [6.07, 6.45) is -2.24. The molecule has 4 nitrogen and oxygen atoms in total. The zero-order valence-electron chi connectivity index (χ0n) is 10.4. The third kappa shape index (κ3) is 4.76. The fourth-order valence-corrected chi connectivity index (χ4v) is 1.59. The van der Waals surface area contributed by atoms with Crippen molar-refractivity contribution in [2.24, 2.45) is 5.92 Å². The van der Waals surface area contributed by atoms with Crippen LogP contribution >= 0.6 is 0 Å². The molecule has 1 aromatic rings. The topological polar surface area (TPSA) is 62.2 Å². The first-order valence-corrected chi connectivity index (χ1v) is 5.84. The van der Waals surface area contributed by atoms with E-state index in [1.807, 2.05) is 6.92 Å². The van der Waals surface area contributed by atoms with Crippen LogP contribution in [0.2, 0.25) is 0 Å². The molecule has 1 rings (SSSR count). The van der Waals surface area contributed by atoms with E-state index in [9.17, 15) is 18.0 Å². The molecule has 0 bridgehead atoms. The molecular formula is C12H15F3N2O2. The molecule has 1 aromatic heterocycles. The number of nitrogens with one attached hydrogen (secondary N) is 1. The third-order valence-electron chi connectivity index (χ3n) is 2.60. The van der Waals surface area contributed by atoms with Crippen molar-refractivity contribution in [1.82, 2.24) is 4.98 Å². The minimum atomic E-state index is -4.44. The quantitative estimate of drug-likeness (QED) is 0.838. The SMILES string of the molecule is CCCC(CNc1cc(C(F)(F)F)ccn1)C(=O)O. The van der Waals surface area contributed by atoms with Crippen LogP contribution < -0.4 is 5.32 Å². The van der Waals surface area contributed by atoms with Crippen molar-refractivity contribution in [3.63, 3.8) is 0 Å². The van der Waals surface area contributed by atoms with Crippen molar-refractivity contribution in [1.29, 1.82) is 0 Å². The van der Waals surface area contributed by atoms with Gasteiger partial charge in [0.1, 0.15) is 5.82 Å². The van der Waals surface area contributed by atoms with E-state index in [-0.39, 0.29) is 12.4 Å². The standard InChI is InChI=1S/C12H15F3N2O2/c1-2-3-8(11(18)19)7-17-10-6-9(4-5-16-10)12(13,14)15/h4-6,8H,2-3,7H2,1H3,(H,16,17)(H,18,19). The summed E-state index contributed by atoms with van der Waals surface area (Å²) in [4.78, 5) is 14.6. The van der Waals surface area contributed by atoms with E-state index in [0.29, 0.717) is 12.8 Å². The molecule has 19 heavy (non-hydrogen) atoms. The van der Waals surface area contributed by atoms with Crippen LogP contribution in [0, 0.1) is 5.92 Å². The summed E-state index contributed by atoms with van der Waals surface area (Å²) in [7, 11) is 0. The summed E-state index contributed by atoms with van der Waals surface area (Å²) in [5, 5.41) is 11.6. The van der Waals surface area contributed by atoms with Crippen LogP contribution in [0.25, 0.3) is 0 Å². The van der Waals surface area contributed by atoms with E-state index < -0.39 is 23.6 Å². The molecule has 1 heterocycles. The largest absolute Gasteiger partial charge is 0.481 e. The van der Waals surface area contributed by atoms with Crippen molar-refractivity contribution in [3.05, 3.63) is 23.9 Å². The van der Waals surface area contributed by atoms with E-state index in [1.54, 1.807) is 0 Å². The molecule has 106 valence electrons. The third-order valence-corrected chi connectivity index (χ3v) is 2.60. The minimum Gasteiger partial charge on any atom is -0.481 e. The summed E-state index contributed by atoms with van der Waals surface area (Å²) >= 11 is 0. The zero-order chi connectivity index (χ0) is 14.5. The lowest BCUT2D eigenvalue weighted by atomic mass is 10.0. The normalized spacial score (nSPS) is 13.1. The summed E-state index contributed by atoms with van der Waals surface area (Å²) in [6, 6.07) is 1.73. The van der Waals surface area contributed by atoms with Gasteiger partial charge in [0.25, 0.3) is 0 Å². The van der Waals surface area contributed by atoms with Gasteiger partial charge in [-0.05, 0) is 18.6 Å². The van der Waals surface area contributed by atoms with Gasteiger partial charge in [0, 0.05) is 12.7 Å². The van der Waals surface area contributed by atoms with Gasteiger partial charge >= 0.3 is 12.1 Å². The summed E-state index contributed by atoms with van der Waals surface area (Å²) in [6.45, 7) is 1.90. The Balaban J connectivity index is 2.69. The Morgan fingerprint density at radius 1 is 1.53 bits per heavy atom. The van der Waals surface area contributed by atoms with Gasteiger partial charge in [0.2, 0.25) is 0 Å². The van der Waals surface area contributed by atoms with Gasteiger partial charge in [-0.2, -0.15) is 13.2 Å². The van der Waals surface area contributed by atoms with Crippen LogP contribution in [-0.4, -0.2) is 22.6 Å². The van der Waals surface area contributed by atoms with E-state index in [2.05, 4.69) is 10.3 Å². The lowest BCUT2D eigenvalue weighted by Gasteiger charge is -2.13. The van der Waals surface area contributed by atoms with Crippen LogP contribution in [0.1, 0.15) is 25.3 Å². The number of pyridine rings is 1. The van der Waals surface area contributed by atoms with Gasteiger partial charge in [-0.1, -0.05) is 13.3 Å². The molecule has 0 aliphatic rings. The van der Waals surface area contributed by atoms with Crippen LogP contribution in [0.3, 0.4) is 0 Å². The Labute approximate surface area is 108 Å². The molecule has 0 amide bonds. The van der Waals surface area contributed by atoms with Crippen LogP contribution in [-0.2, 0) is 11.0 Å². The highest BCUT2D eigenvalue weighted by Gasteiger charge is 2.30. The van der Waals surface area contributed by atoms with Crippen LogP contribution in [0.4, 0.5) is 19.0 Å². The fourth-order valence-electron chi connectivity index (χ4n) is 1.59. The summed E-state index contributed by atoms with van der Waals surface area (Å²) in [5.74, 6) is -1.58. The highest BCUT2D eigenvalue weighted by atomic mass is 19.4. The van der Waals surface area contributed by atoms with Crippen molar-refractivity contribution in [3.8, 4) is 0 Å². The van der Waals surface area contributed by atoms with Gasteiger partial charge in [0.05, 0.1) is 11.5 Å². The highest BCUT2D eigenvalue weighted by molar-refractivity contribution is 5.70. The number of carboxylic acid groups (broad SMARTS) is 1. The zero-order valence-corrected chi connectivity index (χ0v) is 10.4. The van der Waals surface area contributed by atoms with E-state index >= 15 is 0 Å². The molecular weight excluding hydrogens is 261 g/mol. The number of alkyl halides is 3. The molecule has 7 heteroatoms. The average molecular weight is 276 g/mol. The fraction of sp³-hybridized carbons (Fsp3) is 0.500. The molecule has 1 unspecified atom stereocenters. The predicted octanol–water partition coefficient (Wildman–Crippen LogP) is 3.01. The molecule has 0 radical (unpaired) electrons. The smallest absolute Gasteiger partial charge is 0.416 e. The Hall–Kier alpha value is -1.79. The maximum atomic E-state index is 12.5. The number of carbonyl (C=O) groups is 1. The number of nitrogens with zero attached hydrogens (tertiary/aromatic N) is 1. The van der Waals surface area contributed by atoms with Gasteiger partial charge in [-0.15, -0.1) is 0 Å². The van der Waals surface area contributed by atoms with Gasteiger partial charge < -0.3 is 10.4 Å². The Morgan fingerprint density at radius 3 is 2.74 bits per heavy atom. The molecule has 2 N–H and O–H groups in total. The number of anilines is 1. The van der Waals surface area contributed by atoms with Crippen molar-refractivity contribution in [2.45, 2.75) is 25.9 Å². The Kier molecular flexibility index (Phi) is 5.14. The predicted molar refractivity (Wildman–Crippen MR) is 63.8 cm³/mol. The molecule has 0 saturated heterocycles. The number of hydrogen-bond donors (Lipinski definition) is 2. The number of aliphatic carboxylic acids is 1. The first kappa shape index (κ1) is 15.3. The minimum absolute atomic E-state index is 0.0252. The monoisotopic (exact) mass is 276 g/mol. The van der Waals surface area contributed by atoms with Crippen LogP contribution in [0.5, 0.6) is 0 Å². The number of carboxylic acids is 1. The first-order chi connectivity index (χ1) is 8.84. The molecule has 0 aliphatic heterocycles. The number of rotatable bonds is 6. The average Bonchev–Trinajstić information content (AvgIpc) is 2.33. The van der Waals surface area contributed by atoms with E-state index in [4.69, 9.17) is 5.11 Å². The van der Waals surface area contributed by atoms with Gasteiger partial charge in [-0.3, -0.25) is 4.79 Å². The second kappa shape index (κ2) is 6.40. The second-order valence-electron chi connectivity index (χ2n) is 4.13. The van der Waals surface area contributed by atoms with Crippen molar-refractivity contribution >= 4 is 11.8 Å². The maximum absolute atomic E-state index is 12.5. The van der Waals surface area contributed by atoms with Gasteiger partial charge in [-0.25, -0.2) is 4.98 Å². The van der Waals surface area contributed by atoms with Gasteiger partial charge in [0.15, 0.2) is 0 Å². The second-order valence-corrected chi connectivity index (χ2v) is 4.13. The van der Waals surface area contributed by atoms with Crippen molar-refractivity contribution in [2.75, 3.05) is 11.9 Å². The number of aromatic nitrogens is 1.